The first kappa shape index (κ1) is 21.7. The van der Waals surface area contributed by atoms with Gasteiger partial charge in [0.2, 0.25) is 5.75 Å². The van der Waals surface area contributed by atoms with Crippen molar-refractivity contribution in [3.8, 4) is 17.2 Å². The molecule has 0 aliphatic rings. The van der Waals surface area contributed by atoms with E-state index in [1.807, 2.05) is 0 Å². The van der Waals surface area contributed by atoms with Crippen LogP contribution in [0.3, 0.4) is 0 Å². The first-order chi connectivity index (χ1) is 13.9. The number of carbonyl (C=O) groups excluding carboxylic acids is 2. The van der Waals surface area contributed by atoms with E-state index in [1.54, 1.807) is 12.1 Å². The van der Waals surface area contributed by atoms with Crippen molar-refractivity contribution in [1.29, 1.82) is 0 Å². The summed E-state index contributed by atoms with van der Waals surface area (Å²) in [7, 11) is 4.38. The normalized spacial score (nSPS) is 10.5. The summed E-state index contributed by atoms with van der Waals surface area (Å²) in [6, 6.07) is 5.84. The maximum atomic E-state index is 13.5. The smallest absolute Gasteiger partial charge is 0.331 e. The minimum absolute atomic E-state index is 0.348. The summed E-state index contributed by atoms with van der Waals surface area (Å²) in [5.41, 5.74) is 0.210. The van der Waals surface area contributed by atoms with Gasteiger partial charge >= 0.3 is 5.97 Å². The number of esters is 1. The Morgan fingerprint density at radius 1 is 1.00 bits per heavy atom. The van der Waals surface area contributed by atoms with Gasteiger partial charge in [-0.2, -0.15) is 0 Å². The molecule has 0 aliphatic heterocycles. The summed E-state index contributed by atoms with van der Waals surface area (Å²) in [4.78, 5) is 23.6. The van der Waals surface area contributed by atoms with Gasteiger partial charge in [0.25, 0.3) is 5.91 Å². The molecule has 0 unspecified atom stereocenters. The van der Waals surface area contributed by atoms with E-state index < -0.39 is 30.1 Å². The number of benzene rings is 2. The Bertz CT molecular complexity index is 904. The van der Waals surface area contributed by atoms with Crippen LogP contribution < -0.4 is 19.5 Å². The van der Waals surface area contributed by atoms with Crippen molar-refractivity contribution in [1.82, 2.24) is 0 Å². The molecule has 0 aliphatic carbocycles. The van der Waals surface area contributed by atoms with E-state index in [0.29, 0.717) is 22.8 Å². The van der Waals surface area contributed by atoms with Gasteiger partial charge in [0.05, 0.1) is 27.0 Å². The van der Waals surface area contributed by atoms with Crippen LogP contribution in [0.1, 0.15) is 5.56 Å². The number of methoxy groups -OCH3 is 3. The molecular weight excluding hydrogens is 388 g/mol. The molecule has 0 saturated carbocycles. The van der Waals surface area contributed by atoms with E-state index in [4.69, 9.17) is 18.9 Å². The molecule has 1 amide bonds. The molecule has 9 heteroatoms. The van der Waals surface area contributed by atoms with Gasteiger partial charge in [-0.3, -0.25) is 4.79 Å². The summed E-state index contributed by atoms with van der Waals surface area (Å²) >= 11 is 0. The molecule has 1 N–H and O–H groups in total. The fourth-order valence-corrected chi connectivity index (χ4v) is 2.33. The Hall–Kier alpha value is -3.62. The largest absolute Gasteiger partial charge is 0.493 e. The van der Waals surface area contributed by atoms with Gasteiger partial charge in [-0.25, -0.2) is 13.6 Å². The summed E-state index contributed by atoms with van der Waals surface area (Å²) in [5.74, 6) is -1.96. The van der Waals surface area contributed by atoms with E-state index in [1.165, 1.54) is 27.4 Å². The zero-order valence-electron chi connectivity index (χ0n) is 16.0. The molecular formula is C20H19F2NO6. The number of anilines is 1. The Balaban J connectivity index is 1.97. The molecule has 0 radical (unpaired) electrons. The second kappa shape index (κ2) is 10.1. The van der Waals surface area contributed by atoms with Crippen LogP contribution in [0.5, 0.6) is 17.2 Å². The number of hydrogen-bond acceptors (Lipinski definition) is 6. The molecule has 2 aromatic carbocycles. The van der Waals surface area contributed by atoms with Crippen molar-refractivity contribution in [3.63, 3.8) is 0 Å². The van der Waals surface area contributed by atoms with Crippen LogP contribution >= 0.6 is 0 Å². The van der Waals surface area contributed by atoms with Crippen LogP contribution in [0.2, 0.25) is 0 Å². The van der Waals surface area contributed by atoms with Crippen molar-refractivity contribution in [2.24, 2.45) is 0 Å². The summed E-state index contributed by atoms with van der Waals surface area (Å²) < 4.78 is 47.0. The Labute approximate surface area is 165 Å². The lowest BCUT2D eigenvalue weighted by Gasteiger charge is -2.12. The molecule has 0 atom stereocenters. The predicted octanol–water partition coefficient (Wildman–Crippen LogP) is 3.19. The van der Waals surface area contributed by atoms with Crippen molar-refractivity contribution in [2.75, 3.05) is 33.3 Å². The molecule has 0 heterocycles. The maximum Gasteiger partial charge on any atom is 0.331 e. The topological polar surface area (TPSA) is 83.1 Å². The monoisotopic (exact) mass is 407 g/mol. The van der Waals surface area contributed by atoms with E-state index in [9.17, 15) is 18.4 Å². The zero-order valence-corrected chi connectivity index (χ0v) is 16.0. The quantitative estimate of drug-likeness (QED) is 0.535. The minimum atomic E-state index is -0.816. The van der Waals surface area contributed by atoms with Crippen LogP contribution in [0, 0.1) is 11.6 Å². The van der Waals surface area contributed by atoms with Gasteiger partial charge in [-0.1, -0.05) is 0 Å². The van der Waals surface area contributed by atoms with Crippen molar-refractivity contribution in [2.45, 2.75) is 0 Å². The molecule has 7 nitrogen and oxygen atoms in total. The van der Waals surface area contributed by atoms with E-state index in [-0.39, 0.29) is 5.69 Å². The number of amides is 1. The Morgan fingerprint density at radius 2 is 1.66 bits per heavy atom. The van der Waals surface area contributed by atoms with Gasteiger partial charge in [-0.05, 0) is 35.9 Å². The van der Waals surface area contributed by atoms with E-state index >= 15 is 0 Å². The van der Waals surface area contributed by atoms with Crippen LogP contribution in [0.4, 0.5) is 14.5 Å². The highest BCUT2D eigenvalue weighted by atomic mass is 19.1. The summed E-state index contributed by atoms with van der Waals surface area (Å²) in [6.07, 6.45) is 2.52. The third-order valence-electron chi connectivity index (χ3n) is 3.65. The summed E-state index contributed by atoms with van der Waals surface area (Å²) in [5, 5.41) is 2.12. The lowest BCUT2D eigenvalue weighted by atomic mass is 10.1. The number of rotatable bonds is 8. The minimum Gasteiger partial charge on any atom is -0.493 e. The van der Waals surface area contributed by atoms with Crippen LogP contribution in [0.15, 0.2) is 36.4 Å². The molecule has 0 aromatic heterocycles. The first-order valence-corrected chi connectivity index (χ1v) is 8.27. The van der Waals surface area contributed by atoms with Gasteiger partial charge in [0.1, 0.15) is 11.6 Å². The van der Waals surface area contributed by atoms with Crippen LogP contribution in [0.25, 0.3) is 6.08 Å². The first-order valence-electron chi connectivity index (χ1n) is 8.27. The molecule has 0 bridgehead atoms. The molecule has 0 fully saturated rings. The van der Waals surface area contributed by atoms with Gasteiger partial charge < -0.3 is 24.3 Å². The Morgan fingerprint density at radius 3 is 2.24 bits per heavy atom. The lowest BCUT2D eigenvalue weighted by Crippen LogP contribution is -2.20. The molecule has 154 valence electrons. The second-order valence-electron chi connectivity index (χ2n) is 5.57. The maximum absolute atomic E-state index is 13.5. The van der Waals surface area contributed by atoms with E-state index in [2.05, 4.69) is 5.32 Å². The summed E-state index contributed by atoms with van der Waals surface area (Å²) in [6.45, 7) is -0.672. The van der Waals surface area contributed by atoms with E-state index in [0.717, 1.165) is 24.3 Å². The van der Waals surface area contributed by atoms with Gasteiger partial charge in [0, 0.05) is 12.1 Å². The van der Waals surface area contributed by atoms with Crippen LogP contribution in [-0.4, -0.2) is 39.8 Å². The predicted molar refractivity (Wildman–Crippen MR) is 101 cm³/mol. The average molecular weight is 407 g/mol. The number of ether oxygens (including phenoxy) is 4. The van der Waals surface area contributed by atoms with Crippen molar-refractivity contribution in [3.05, 3.63) is 53.6 Å². The number of halogens is 2. The third-order valence-corrected chi connectivity index (χ3v) is 3.65. The van der Waals surface area contributed by atoms with Crippen LogP contribution in [-0.2, 0) is 14.3 Å². The van der Waals surface area contributed by atoms with Gasteiger partial charge in [-0.15, -0.1) is 0 Å². The highest BCUT2D eigenvalue weighted by Crippen LogP contribution is 2.38. The molecule has 2 aromatic rings. The number of hydrogen-bond donors (Lipinski definition) is 1. The molecule has 0 saturated heterocycles. The van der Waals surface area contributed by atoms with Gasteiger partial charge in [0.15, 0.2) is 18.1 Å². The average Bonchev–Trinajstić information content (AvgIpc) is 2.72. The third kappa shape index (κ3) is 5.93. The fourth-order valence-electron chi connectivity index (χ4n) is 2.33. The Kier molecular flexibility index (Phi) is 7.53. The highest BCUT2D eigenvalue weighted by molar-refractivity contribution is 5.94. The zero-order chi connectivity index (χ0) is 21.4. The lowest BCUT2D eigenvalue weighted by molar-refractivity contribution is -0.142. The fraction of sp³-hybridized carbons (Fsp3) is 0.200. The number of nitrogens with one attached hydrogen (secondary N) is 1. The standard InChI is InChI=1S/C20H19F2NO6/c1-26-16-8-12(9-17(27-2)20(16)28-3)4-7-19(25)29-11-18(24)23-15-10-13(21)5-6-14(15)22/h4-10H,11H2,1-3H3,(H,23,24)/b7-4+. The molecule has 2 rings (SSSR count). The second-order valence-corrected chi connectivity index (χ2v) is 5.57. The van der Waals surface area contributed by atoms with Crippen molar-refractivity contribution < 1.29 is 37.3 Å². The molecule has 29 heavy (non-hydrogen) atoms. The SMILES string of the molecule is COc1cc(/C=C/C(=O)OCC(=O)Nc2cc(F)ccc2F)cc(OC)c1OC. The molecule has 0 spiro atoms. The number of carbonyl (C=O) groups is 2. The highest BCUT2D eigenvalue weighted by Gasteiger charge is 2.13. The van der Waals surface area contributed by atoms with Crippen molar-refractivity contribution >= 4 is 23.6 Å².